The van der Waals surface area contributed by atoms with Gasteiger partial charge in [-0.1, -0.05) is 0 Å². The van der Waals surface area contributed by atoms with Crippen molar-refractivity contribution in [2.24, 2.45) is 0 Å². The Morgan fingerprint density at radius 1 is 1.36 bits per heavy atom. The van der Waals surface area contributed by atoms with Crippen molar-refractivity contribution < 1.29 is 24.4 Å². The fourth-order valence-electron chi connectivity index (χ4n) is 2.27. The number of hydrogen-bond acceptors (Lipinski definition) is 9. The van der Waals surface area contributed by atoms with Crippen molar-refractivity contribution >= 4 is 17.0 Å². The monoisotopic (exact) mass is 311 g/mol. The molecule has 0 aromatic carbocycles. The first-order valence-electron chi connectivity index (χ1n) is 6.80. The van der Waals surface area contributed by atoms with Gasteiger partial charge in [-0.25, -0.2) is 15.0 Å². The quantitative estimate of drug-likeness (QED) is 0.648. The number of nitrogens with zero attached hydrogens (tertiary/aromatic N) is 4. The maximum atomic E-state index is 9.78. The Kier molecular flexibility index (Phi) is 4.18. The van der Waals surface area contributed by atoms with Crippen molar-refractivity contribution in [2.45, 2.75) is 31.8 Å². The summed E-state index contributed by atoms with van der Waals surface area (Å²) in [5, 5.41) is 19.1. The molecule has 1 aliphatic heterocycles. The van der Waals surface area contributed by atoms with Crippen LogP contribution in [0.4, 0.5) is 5.82 Å². The van der Waals surface area contributed by atoms with Gasteiger partial charge in [0.1, 0.15) is 17.9 Å². The van der Waals surface area contributed by atoms with Gasteiger partial charge >= 0.3 is 0 Å². The molecule has 2 aromatic rings. The minimum Gasteiger partial charge on any atom is -0.393 e. The average molecular weight is 311 g/mol. The molecule has 120 valence electrons. The molecule has 10 heteroatoms. The van der Waals surface area contributed by atoms with Gasteiger partial charge in [-0.3, -0.25) is 4.57 Å². The second-order valence-electron chi connectivity index (χ2n) is 4.68. The summed E-state index contributed by atoms with van der Waals surface area (Å²) in [6.07, 6.45) is -1.06. The predicted molar refractivity (Wildman–Crippen MR) is 73.2 cm³/mol. The van der Waals surface area contributed by atoms with Gasteiger partial charge in [-0.15, -0.1) is 0 Å². The van der Waals surface area contributed by atoms with Gasteiger partial charge in [-0.05, 0) is 6.92 Å². The summed E-state index contributed by atoms with van der Waals surface area (Å²) < 4.78 is 18.1. The second kappa shape index (κ2) is 6.10. The molecule has 1 fully saturated rings. The number of imidazole rings is 1. The van der Waals surface area contributed by atoms with Crippen LogP contribution in [0.1, 0.15) is 13.2 Å². The first-order valence-corrected chi connectivity index (χ1v) is 6.80. The standard InChI is InChI=1S/C12H17N5O5/c1-2-20-12-10(21-6(3-18)11(19)22-12)17-5-16-7-8(13)14-4-15-9(7)17/h4-6,10-12,18-19H,2-3H2,1H3,(H2,13,14,15). The van der Waals surface area contributed by atoms with Crippen LogP contribution in [0.2, 0.25) is 0 Å². The summed E-state index contributed by atoms with van der Waals surface area (Å²) in [6.45, 7) is 1.74. The number of aromatic nitrogens is 4. The zero-order valence-corrected chi connectivity index (χ0v) is 11.9. The van der Waals surface area contributed by atoms with E-state index in [-0.39, 0.29) is 5.82 Å². The van der Waals surface area contributed by atoms with Crippen LogP contribution in [-0.4, -0.2) is 61.6 Å². The van der Waals surface area contributed by atoms with Crippen molar-refractivity contribution in [2.75, 3.05) is 18.9 Å². The molecule has 3 rings (SSSR count). The zero-order valence-electron chi connectivity index (χ0n) is 11.9. The van der Waals surface area contributed by atoms with Gasteiger partial charge in [0, 0.05) is 6.61 Å². The maximum Gasteiger partial charge on any atom is 0.206 e. The molecule has 3 heterocycles. The molecule has 22 heavy (non-hydrogen) atoms. The van der Waals surface area contributed by atoms with E-state index in [1.807, 2.05) is 0 Å². The third kappa shape index (κ3) is 2.51. The van der Waals surface area contributed by atoms with Crippen molar-refractivity contribution in [3.63, 3.8) is 0 Å². The van der Waals surface area contributed by atoms with Crippen LogP contribution in [0.25, 0.3) is 11.2 Å². The lowest BCUT2D eigenvalue weighted by molar-refractivity contribution is -0.364. The van der Waals surface area contributed by atoms with E-state index in [0.717, 1.165) is 0 Å². The molecule has 0 aliphatic carbocycles. The smallest absolute Gasteiger partial charge is 0.206 e. The maximum absolute atomic E-state index is 9.78. The van der Waals surface area contributed by atoms with Crippen LogP contribution in [0.3, 0.4) is 0 Å². The van der Waals surface area contributed by atoms with E-state index in [0.29, 0.717) is 17.8 Å². The highest BCUT2D eigenvalue weighted by Crippen LogP contribution is 2.30. The van der Waals surface area contributed by atoms with E-state index in [2.05, 4.69) is 15.0 Å². The SMILES string of the molecule is CCOC1OC(O)C(CO)OC1n1cnc2c(N)ncnc21. The van der Waals surface area contributed by atoms with Gasteiger partial charge in [0.2, 0.25) is 6.29 Å². The summed E-state index contributed by atoms with van der Waals surface area (Å²) in [7, 11) is 0. The molecule has 0 bridgehead atoms. The molecule has 0 radical (unpaired) electrons. The summed E-state index contributed by atoms with van der Waals surface area (Å²) in [6, 6.07) is 0. The van der Waals surface area contributed by atoms with Crippen LogP contribution in [0.5, 0.6) is 0 Å². The zero-order chi connectivity index (χ0) is 15.7. The number of fused-ring (bicyclic) bond motifs is 1. The van der Waals surface area contributed by atoms with E-state index < -0.39 is 31.5 Å². The Hall–Kier alpha value is -1.85. The van der Waals surface area contributed by atoms with Gasteiger partial charge in [0.25, 0.3) is 0 Å². The van der Waals surface area contributed by atoms with Crippen LogP contribution in [-0.2, 0) is 14.2 Å². The number of rotatable bonds is 4. The molecule has 1 aliphatic rings. The number of aliphatic hydroxyl groups excluding tert-OH is 2. The number of anilines is 1. The largest absolute Gasteiger partial charge is 0.393 e. The summed E-state index contributed by atoms with van der Waals surface area (Å²) in [5.74, 6) is 0.243. The lowest BCUT2D eigenvalue weighted by Crippen LogP contribution is -2.49. The van der Waals surface area contributed by atoms with E-state index in [4.69, 9.17) is 19.9 Å². The molecule has 4 atom stereocenters. The molecule has 0 saturated carbocycles. The van der Waals surface area contributed by atoms with Gasteiger partial charge < -0.3 is 30.2 Å². The fourth-order valence-corrected chi connectivity index (χ4v) is 2.27. The molecule has 2 aromatic heterocycles. The number of nitrogen functional groups attached to an aromatic ring is 1. The summed E-state index contributed by atoms with van der Waals surface area (Å²) >= 11 is 0. The van der Waals surface area contributed by atoms with Crippen LogP contribution >= 0.6 is 0 Å². The Morgan fingerprint density at radius 3 is 2.91 bits per heavy atom. The van der Waals surface area contributed by atoms with Crippen molar-refractivity contribution in [3.8, 4) is 0 Å². The Bertz CT molecular complexity index is 650. The molecule has 4 N–H and O–H groups in total. The Balaban J connectivity index is 1.99. The van der Waals surface area contributed by atoms with E-state index in [1.54, 1.807) is 11.5 Å². The molecule has 1 saturated heterocycles. The normalized spacial score (nSPS) is 29.0. The number of nitrogens with two attached hydrogens (primary N) is 1. The molecule has 10 nitrogen and oxygen atoms in total. The average Bonchev–Trinajstić information content (AvgIpc) is 2.93. The number of aliphatic hydroxyl groups is 2. The highest BCUT2D eigenvalue weighted by atomic mass is 16.8. The number of hydrogen-bond donors (Lipinski definition) is 3. The Labute approximate surface area is 125 Å². The minimum atomic E-state index is -1.28. The van der Waals surface area contributed by atoms with Gasteiger partial charge in [0.05, 0.1) is 12.9 Å². The third-order valence-corrected chi connectivity index (χ3v) is 3.31. The van der Waals surface area contributed by atoms with E-state index in [9.17, 15) is 10.2 Å². The van der Waals surface area contributed by atoms with Crippen molar-refractivity contribution in [1.82, 2.24) is 19.5 Å². The first kappa shape index (κ1) is 15.1. The summed E-state index contributed by atoms with van der Waals surface area (Å²) in [4.78, 5) is 12.2. The minimum absolute atomic E-state index is 0.243. The second-order valence-corrected chi connectivity index (χ2v) is 4.68. The van der Waals surface area contributed by atoms with Crippen molar-refractivity contribution in [3.05, 3.63) is 12.7 Å². The van der Waals surface area contributed by atoms with E-state index >= 15 is 0 Å². The highest BCUT2D eigenvalue weighted by Gasteiger charge is 2.40. The van der Waals surface area contributed by atoms with E-state index in [1.165, 1.54) is 12.7 Å². The van der Waals surface area contributed by atoms with Gasteiger partial charge in [0.15, 0.2) is 24.0 Å². The third-order valence-electron chi connectivity index (χ3n) is 3.31. The number of ether oxygens (including phenoxy) is 3. The van der Waals surface area contributed by atoms with Gasteiger partial charge in [-0.2, -0.15) is 0 Å². The van der Waals surface area contributed by atoms with Crippen LogP contribution in [0.15, 0.2) is 12.7 Å². The molecule has 0 amide bonds. The fraction of sp³-hybridized carbons (Fsp3) is 0.583. The summed E-state index contributed by atoms with van der Waals surface area (Å²) in [5.41, 5.74) is 6.63. The predicted octanol–water partition coefficient (Wildman–Crippen LogP) is -1.00. The molecule has 4 unspecified atom stereocenters. The lowest BCUT2D eigenvalue weighted by atomic mass is 10.3. The van der Waals surface area contributed by atoms with Crippen LogP contribution < -0.4 is 5.73 Å². The molecular weight excluding hydrogens is 294 g/mol. The molecular formula is C12H17N5O5. The topological polar surface area (TPSA) is 138 Å². The lowest BCUT2D eigenvalue weighted by Gasteiger charge is -2.38. The molecule has 0 spiro atoms. The van der Waals surface area contributed by atoms with Crippen molar-refractivity contribution in [1.29, 1.82) is 0 Å². The first-order chi connectivity index (χ1) is 10.7. The Morgan fingerprint density at radius 2 is 2.18 bits per heavy atom. The van der Waals surface area contributed by atoms with Crippen LogP contribution in [0, 0.1) is 0 Å². The highest BCUT2D eigenvalue weighted by molar-refractivity contribution is 5.81.